The fourth-order valence-corrected chi connectivity index (χ4v) is 2.78. The zero-order valence-electron chi connectivity index (χ0n) is 10.4. The first-order valence-corrected chi connectivity index (χ1v) is 8.00. The number of unbranched alkanes of at least 4 members (excludes halogenated alkanes) is 1. The molecule has 4 N–H and O–H groups in total. The molecule has 0 aliphatic rings. The van der Waals surface area contributed by atoms with E-state index in [2.05, 4.69) is 21.2 Å². The van der Waals surface area contributed by atoms with E-state index in [1.54, 1.807) is 6.07 Å². The van der Waals surface area contributed by atoms with Crippen molar-refractivity contribution in [1.82, 2.24) is 10.0 Å². The molecule has 0 radical (unpaired) electrons. The Balaban J connectivity index is 2.78. The van der Waals surface area contributed by atoms with Gasteiger partial charge in [0.05, 0.1) is 5.69 Å². The third-order valence-corrected chi connectivity index (χ3v) is 4.20. The van der Waals surface area contributed by atoms with Gasteiger partial charge in [-0.25, -0.2) is 17.9 Å². The minimum atomic E-state index is -3.95. The Labute approximate surface area is 120 Å². The molecule has 1 rings (SSSR count). The zero-order chi connectivity index (χ0) is 14.5. The lowest BCUT2D eigenvalue weighted by molar-refractivity contribution is 0.245. The standard InChI is InChI=1S/C11H16BrN3O3S/c1-2-3-6-14-11(16)15-19(17,18)10-5-4-8(12)7-9(10)13/h4-5,7H,2-3,6,13H2,1H3,(H2,14,15,16). The molecule has 0 unspecified atom stereocenters. The minimum absolute atomic E-state index is 0.0724. The van der Waals surface area contributed by atoms with Gasteiger partial charge < -0.3 is 11.1 Å². The Hall–Kier alpha value is -1.28. The second-order valence-corrected chi connectivity index (χ2v) is 6.46. The van der Waals surface area contributed by atoms with Crippen molar-refractivity contribution in [1.29, 1.82) is 0 Å². The molecule has 106 valence electrons. The van der Waals surface area contributed by atoms with E-state index >= 15 is 0 Å². The van der Waals surface area contributed by atoms with Crippen molar-refractivity contribution in [2.24, 2.45) is 0 Å². The van der Waals surface area contributed by atoms with Crippen LogP contribution in [0.3, 0.4) is 0 Å². The number of hydrogen-bond acceptors (Lipinski definition) is 4. The van der Waals surface area contributed by atoms with E-state index in [4.69, 9.17) is 5.73 Å². The Kier molecular flexibility index (Phi) is 5.61. The summed E-state index contributed by atoms with van der Waals surface area (Å²) in [5.41, 5.74) is 5.70. The SMILES string of the molecule is CCCCNC(=O)NS(=O)(=O)c1ccc(Br)cc1N. The van der Waals surface area contributed by atoms with Crippen molar-refractivity contribution >= 4 is 37.7 Å². The molecule has 0 heterocycles. The number of halogens is 1. The molecule has 1 aromatic rings. The number of urea groups is 1. The average molecular weight is 350 g/mol. The average Bonchev–Trinajstić information content (AvgIpc) is 2.27. The Bertz CT molecular complexity index is 560. The van der Waals surface area contributed by atoms with Gasteiger partial charge in [0, 0.05) is 11.0 Å². The number of nitrogen functional groups attached to an aromatic ring is 1. The van der Waals surface area contributed by atoms with E-state index in [1.807, 2.05) is 11.6 Å². The van der Waals surface area contributed by atoms with E-state index in [0.717, 1.165) is 12.8 Å². The van der Waals surface area contributed by atoms with Gasteiger partial charge in [0.15, 0.2) is 0 Å². The van der Waals surface area contributed by atoms with Gasteiger partial charge in [-0.2, -0.15) is 0 Å². The highest BCUT2D eigenvalue weighted by Gasteiger charge is 2.20. The number of benzene rings is 1. The largest absolute Gasteiger partial charge is 0.398 e. The van der Waals surface area contributed by atoms with Crippen molar-refractivity contribution in [3.63, 3.8) is 0 Å². The lowest BCUT2D eigenvalue weighted by Crippen LogP contribution is -2.39. The van der Waals surface area contributed by atoms with Crippen LogP contribution in [-0.4, -0.2) is 21.0 Å². The van der Waals surface area contributed by atoms with Crippen LogP contribution in [0.25, 0.3) is 0 Å². The fraction of sp³-hybridized carbons (Fsp3) is 0.364. The number of carbonyl (C=O) groups is 1. The highest BCUT2D eigenvalue weighted by molar-refractivity contribution is 9.10. The number of nitrogens with one attached hydrogen (secondary N) is 2. The first-order valence-electron chi connectivity index (χ1n) is 5.72. The van der Waals surface area contributed by atoms with Crippen LogP contribution in [0.2, 0.25) is 0 Å². The van der Waals surface area contributed by atoms with Crippen LogP contribution >= 0.6 is 15.9 Å². The summed E-state index contributed by atoms with van der Waals surface area (Å²) in [6.07, 6.45) is 1.70. The minimum Gasteiger partial charge on any atom is -0.398 e. The van der Waals surface area contributed by atoms with Crippen LogP contribution in [0.1, 0.15) is 19.8 Å². The summed E-state index contributed by atoms with van der Waals surface area (Å²) >= 11 is 3.18. The molecular formula is C11H16BrN3O3S. The summed E-state index contributed by atoms with van der Waals surface area (Å²) < 4.78 is 26.5. The van der Waals surface area contributed by atoms with Gasteiger partial charge in [-0.05, 0) is 24.6 Å². The summed E-state index contributed by atoms with van der Waals surface area (Å²) in [7, 11) is -3.95. The number of sulfonamides is 1. The molecule has 0 saturated carbocycles. The van der Waals surface area contributed by atoms with Crippen LogP contribution in [0.4, 0.5) is 10.5 Å². The second-order valence-electron chi connectivity index (χ2n) is 3.90. The first kappa shape index (κ1) is 15.8. The molecule has 8 heteroatoms. The normalized spacial score (nSPS) is 11.1. The van der Waals surface area contributed by atoms with E-state index in [-0.39, 0.29) is 10.6 Å². The van der Waals surface area contributed by atoms with Crippen LogP contribution in [0.5, 0.6) is 0 Å². The lowest BCUT2D eigenvalue weighted by Gasteiger charge is -2.10. The van der Waals surface area contributed by atoms with Gasteiger partial charge in [0.2, 0.25) is 0 Å². The van der Waals surface area contributed by atoms with E-state index < -0.39 is 16.1 Å². The smallest absolute Gasteiger partial charge is 0.328 e. The Morgan fingerprint density at radius 1 is 1.42 bits per heavy atom. The summed E-state index contributed by atoms with van der Waals surface area (Å²) in [5, 5.41) is 2.46. The number of hydrogen-bond donors (Lipinski definition) is 3. The highest BCUT2D eigenvalue weighted by atomic mass is 79.9. The van der Waals surface area contributed by atoms with E-state index in [1.165, 1.54) is 12.1 Å². The molecule has 19 heavy (non-hydrogen) atoms. The van der Waals surface area contributed by atoms with Gasteiger partial charge in [-0.15, -0.1) is 0 Å². The quantitative estimate of drug-likeness (QED) is 0.557. The van der Waals surface area contributed by atoms with Crippen LogP contribution in [0.15, 0.2) is 27.6 Å². The van der Waals surface area contributed by atoms with Crippen molar-refractivity contribution in [3.8, 4) is 0 Å². The first-order chi connectivity index (χ1) is 8.86. The molecule has 0 atom stereocenters. The summed E-state index contributed by atoms with van der Waals surface area (Å²) in [6.45, 7) is 2.40. The van der Waals surface area contributed by atoms with Gasteiger partial charge in [-0.1, -0.05) is 29.3 Å². The van der Waals surface area contributed by atoms with E-state index in [9.17, 15) is 13.2 Å². The predicted octanol–water partition coefficient (Wildman–Crippen LogP) is 1.82. The molecule has 0 fully saturated rings. The predicted molar refractivity (Wildman–Crippen MR) is 77.2 cm³/mol. The van der Waals surface area contributed by atoms with Gasteiger partial charge >= 0.3 is 6.03 Å². The van der Waals surface area contributed by atoms with Crippen LogP contribution < -0.4 is 15.8 Å². The zero-order valence-corrected chi connectivity index (χ0v) is 12.8. The van der Waals surface area contributed by atoms with Crippen molar-refractivity contribution in [2.45, 2.75) is 24.7 Å². The number of carbonyl (C=O) groups excluding carboxylic acids is 1. The second kappa shape index (κ2) is 6.76. The van der Waals surface area contributed by atoms with E-state index in [0.29, 0.717) is 11.0 Å². The third kappa shape index (κ3) is 4.71. The number of rotatable bonds is 5. The summed E-state index contributed by atoms with van der Waals surface area (Å²) in [5.74, 6) is 0. The maximum atomic E-state index is 11.9. The van der Waals surface area contributed by atoms with Crippen molar-refractivity contribution < 1.29 is 13.2 Å². The van der Waals surface area contributed by atoms with Gasteiger partial charge in [-0.3, -0.25) is 0 Å². The summed E-state index contributed by atoms with van der Waals surface area (Å²) in [6, 6.07) is 3.58. The number of amides is 2. The van der Waals surface area contributed by atoms with Crippen molar-refractivity contribution in [2.75, 3.05) is 12.3 Å². The molecule has 0 bridgehead atoms. The molecule has 0 spiro atoms. The lowest BCUT2D eigenvalue weighted by atomic mass is 10.3. The number of anilines is 1. The monoisotopic (exact) mass is 349 g/mol. The van der Waals surface area contributed by atoms with Crippen LogP contribution in [0, 0.1) is 0 Å². The fourth-order valence-electron chi connectivity index (χ4n) is 1.36. The van der Waals surface area contributed by atoms with Gasteiger partial charge in [0.25, 0.3) is 10.0 Å². The molecule has 0 aromatic heterocycles. The summed E-state index contributed by atoms with van der Waals surface area (Å²) in [4.78, 5) is 11.3. The van der Waals surface area contributed by atoms with Gasteiger partial charge in [0.1, 0.15) is 4.90 Å². The molecule has 0 aliphatic carbocycles. The molecular weight excluding hydrogens is 334 g/mol. The Morgan fingerprint density at radius 3 is 2.68 bits per heavy atom. The topological polar surface area (TPSA) is 101 Å². The maximum absolute atomic E-state index is 11.9. The highest BCUT2D eigenvalue weighted by Crippen LogP contribution is 2.22. The third-order valence-electron chi connectivity index (χ3n) is 2.30. The van der Waals surface area contributed by atoms with Crippen molar-refractivity contribution in [3.05, 3.63) is 22.7 Å². The molecule has 6 nitrogen and oxygen atoms in total. The molecule has 0 aliphatic heterocycles. The number of nitrogens with two attached hydrogens (primary N) is 1. The molecule has 1 aromatic carbocycles. The maximum Gasteiger partial charge on any atom is 0.328 e. The molecule has 0 saturated heterocycles. The molecule has 2 amide bonds. The Morgan fingerprint density at radius 2 is 2.11 bits per heavy atom. The van der Waals surface area contributed by atoms with Crippen LogP contribution in [-0.2, 0) is 10.0 Å².